The third-order valence-corrected chi connectivity index (χ3v) is 4.53. The largest absolute Gasteiger partial charge is 0.312 e. The van der Waals surface area contributed by atoms with E-state index in [2.05, 4.69) is 44.7 Å². The van der Waals surface area contributed by atoms with Crippen molar-refractivity contribution in [1.29, 1.82) is 0 Å². The maximum atomic E-state index is 13.9. The Balaban J connectivity index is 2.29. The summed E-state index contributed by atoms with van der Waals surface area (Å²) in [6, 6.07) is 5.04. The highest BCUT2D eigenvalue weighted by Crippen LogP contribution is 2.29. The van der Waals surface area contributed by atoms with E-state index < -0.39 is 0 Å². The summed E-state index contributed by atoms with van der Waals surface area (Å²) in [6.45, 7) is 4.18. The average Bonchev–Trinajstić information content (AvgIpc) is 2.89. The van der Waals surface area contributed by atoms with Crippen LogP contribution in [-0.4, -0.2) is 16.6 Å². The van der Waals surface area contributed by atoms with Crippen molar-refractivity contribution < 1.29 is 4.39 Å². The molecule has 0 spiro atoms. The molecule has 0 aliphatic rings. The molecule has 0 radical (unpaired) electrons. The summed E-state index contributed by atoms with van der Waals surface area (Å²) in [5.74, 6) is 0.129. The molecule has 0 saturated carbocycles. The molecule has 1 unspecified atom stereocenters. The standard InChI is InChI=1S/C14H17BrFN3S/c1-8(2)13-14(20-19-18-13)12(17-3)7-9-6-10(15)4-5-11(9)16/h4-6,8,12,17H,7H2,1-3H3. The second kappa shape index (κ2) is 6.74. The van der Waals surface area contributed by atoms with Crippen LogP contribution in [0.25, 0.3) is 0 Å². The van der Waals surface area contributed by atoms with Crippen molar-refractivity contribution in [1.82, 2.24) is 14.9 Å². The van der Waals surface area contributed by atoms with E-state index >= 15 is 0 Å². The summed E-state index contributed by atoms with van der Waals surface area (Å²) in [6.07, 6.45) is 0.575. The summed E-state index contributed by atoms with van der Waals surface area (Å²) in [5.41, 5.74) is 1.67. The van der Waals surface area contributed by atoms with Gasteiger partial charge in [0.05, 0.1) is 10.6 Å². The molecule has 0 fully saturated rings. The molecule has 1 aromatic heterocycles. The number of aromatic nitrogens is 2. The van der Waals surface area contributed by atoms with Crippen molar-refractivity contribution in [3.63, 3.8) is 0 Å². The summed E-state index contributed by atoms with van der Waals surface area (Å²) < 4.78 is 18.8. The highest BCUT2D eigenvalue weighted by molar-refractivity contribution is 9.10. The van der Waals surface area contributed by atoms with Gasteiger partial charge >= 0.3 is 0 Å². The molecule has 1 N–H and O–H groups in total. The van der Waals surface area contributed by atoms with E-state index in [-0.39, 0.29) is 11.9 Å². The van der Waals surface area contributed by atoms with Crippen molar-refractivity contribution in [2.45, 2.75) is 32.2 Å². The fourth-order valence-corrected chi connectivity index (χ4v) is 3.42. The normalized spacial score (nSPS) is 12.9. The second-order valence-corrected chi connectivity index (χ2v) is 6.66. The minimum Gasteiger partial charge on any atom is -0.312 e. The average molecular weight is 358 g/mol. The molecular formula is C14H17BrFN3S. The van der Waals surface area contributed by atoms with Crippen molar-refractivity contribution in [3.8, 4) is 0 Å². The molecule has 3 nitrogen and oxygen atoms in total. The Morgan fingerprint density at radius 3 is 2.80 bits per heavy atom. The quantitative estimate of drug-likeness (QED) is 0.876. The van der Waals surface area contributed by atoms with Crippen LogP contribution in [0.4, 0.5) is 4.39 Å². The molecule has 108 valence electrons. The summed E-state index contributed by atoms with van der Waals surface area (Å²) >= 11 is 4.77. The molecule has 6 heteroatoms. The van der Waals surface area contributed by atoms with Crippen LogP contribution in [0.2, 0.25) is 0 Å². The summed E-state index contributed by atoms with van der Waals surface area (Å²) in [5, 5.41) is 7.44. The Hall–Kier alpha value is -0.850. The van der Waals surface area contributed by atoms with Crippen molar-refractivity contribution >= 4 is 27.5 Å². The fraction of sp³-hybridized carbons (Fsp3) is 0.429. The van der Waals surface area contributed by atoms with Gasteiger partial charge in [-0.2, -0.15) is 0 Å². The first kappa shape index (κ1) is 15.5. The van der Waals surface area contributed by atoms with Crippen LogP contribution < -0.4 is 5.32 Å². The number of nitrogens with zero attached hydrogens (tertiary/aromatic N) is 2. The predicted octanol–water partition coefficient (Wildman–Crippen LogP) is 4.07. The van der Waals surface area contributed by atoms with E-state index in [1.165, 1.54) is 17.6 Å². The van der Waals surface area contributed by atoms with E-state index in [4.69, 9.17) is 0 Å². The molecule has 1 aromatic carbocycles. The Morgan fingerprint density at radius 1 is 1.40 bits per heavy atom. The van der Waals surface area contributed by atoms with Gasteiger partial charge < -0.3 is 5.32 Å². The Labute approximate surface area is 130 Å². The van der Waals surface area contributed by atoms with Crippen molar-refractivity contribution in [2.75, 3.05) is 7.05 Å². The number of nitrogens with one attached hydrogen (secondary N) is 1. The minimum atomic E-state index is -0.183. The van der Waals surface area contributed by atoms with E-state index in [0.717, 1.165) is 15.0 Å². The molecular weight excluding hydrogens is 341 g/mol. The predicted molar refractivity (Wildman–Crippen MR) is 83.6 cm³/mol. The number of rotatable bonds is 5. The third-order valence-electron chi connectivity index (χ3n) is 3.18. The maximum absolute atomic E-state index is 13.9. The number of hydrogen-bond acceptors (Lipinski definition) is 4. The number of benzene rings is 1. The van der Waals surface area contributed by atoms with Crippen LogP contribution in [-0.2, 0) is 6.42 Å². The molecule has 2 rings (SSSR count). The summed E-state index contributed by atoms with van der Waals surface area (Å²) in [7, 11) is 1.88. The lowest BCUT2D eigenvalue weighted by molar-refractivity contribution is 0.553. The lowest BCUT2D eigenvalue weighted by Gasteiger charge is -2.17. The summed E-state index contributed by atoms with van der Waals surface area (Å²) in [4.78, 5) is 1.09. The molecule has 0 saturated heterocycles. The van der Waals surface area contributed by atoms with Gasteiger partial charge in [-0.1, -0.05) is 34.3 Å². The van der Waals surface area contributed by atoms with Crippen LogP contribution in [0, 0.1) is 5.82 Å². The van der Waals surface area contributed by atoms with Gasteiger partial charge in [-0.25, -0.2) is 4.39 Å². The number of hydrogen-bond donors (Lipinski definition) is 1. The maximum Gasteiger partial charge on any atom is 0.126 e. The Bertz CT molecular complexity index is 586. The van der Waals surface area contributed by atoms with Gasteiger partial charge in [-0.05, 0) is 54.7 Å². The molecule has 1 atom stereocenters. The number of halogens is 2. The van der Waals surface area contributed by atoms with Crippen LogP contribution in [0.5, 0.6) is 0 Å². The van der Waals surface area contributed by atoms with E-state index in [1.54, 1.807) is 6.07 Å². The van der Waals surface area contributed by atoms with Crippen LogP contribution >= 0.6 is 27.5 Å². The first-order valence-electron chi connectivity index (χ1n) is 6.46. The lowest BCUT2D eigenvalue weighted by atomic mass is 10.00. The van der Waals surface area contributed by atoms with Crippen LogP contribution in [0.1, 0.15) is 41.9 Å². The molecule has 0 aliphatic carbocycles. The zero-order valence-electron chi connectivity index (χ0n) is 11.7. The van der Waals surface area contributed by atoms with Gasteiger partial charge in [0.2, 0.25) is 0 Å². The second-order valence-electron chi connectivity index (χ2n) is 4.96. The molecule has 0 bridgehead atoms. The smallest absolute Gasteiger partial charge is 0.126 e. The lowest BCUT2D eigenvalue weighted by Crippen LogP contribution is -2.20. The van der Waals surface area contributed by atoms with Crippen molar-refractivity contribution in [2.24, 2.45) is 0 Å². The van der Waals surface area contributed by atoms with Gasteiger partial charge in [0.25, 0.3) is 0 Å². The molecule has 20 heavy (non-hydrogen) atoms. The van der Waals surface area contributed by atoms with Gasteiger partial charge in [0.1, 0.15) is 5.82 Å². The fourth-order valence-electron chi connectivity index (χ4n) is 2.09. The van der Waals surface area contributed by atoms with E-state index in [0.29, 0.717) is 17.9 Å². The van der Waals surface area contributed by atoms with Crippen LogP contribution in [0.15, 0.2) is 22.7 Å². The molecule has 0 amide bonds. The van der Waals surface area contributed by atoms with E-state index in [9.17, 15) is 4.39 Å². The van der Waals surface area contributed by atoms with Gasteiger partial charge in [-0.15, -0.1) is 5.10 Å². The highest BCUT2D eigenvalue weighted by Gasteiger charge is 2.21. The van der Waals surface area contributed by atoms with Gasteiger partial charge in [-0.3, -0.25) is 0 Å². The van der Waals surface area contributed by atoms with Crippen LogP contribution in [0.3, 0.4) is 0 Å². The third kappa shape index (κ3) is 3.42. The monoisotopic (exact) mass is 357 g/mol. The highest BCUT2D eigenvalue weighted by atomic mass is 79.9. The SMILES string of the molecule is CNC(Cc1cc(Br)ccc1F)c1snnc1C(C)C. The molecule has 1 heterocycles. The van der Waals surface area contributed by atoms with Gasteiger partial charge in [0.15, 0.2) is 0 Å². The zero-order chi connectivity index (χ0) is 14.7. The first-order chi connectivity index (χ1) is 9.52. The van der Waals surface area contributed by atoms with Gasteiger partial charge in [0, 0.05) is 10.5 Å². The van der Waals surface area contributed by atoms with Crippen molar-refractivity contribution in [3.05, 3.63) is 44.6 Å². The Kier molecular flexibility index (Phi) is 5.23. The van der Waals surface area contributed by atoms with E-state index in [1.807, 2.05) is 13.1 Å². The Morgan fingerprint density at radius 2 is 2.15 bits per heavy atom. The topological polar surface area (TPSA) is 37.8 Å². The first-order valence-corrected chi connectivity index (χ1v) is 8.03. The minimum absolute atomic E-state index is 0.0243. The number of likely N-dealkylation sites (N-methyl/N-ethyl adjacent to an activating group) is 1. The molecule has 0 aliphatic heterocycles. The zero-order valence-corrected chi connectivity index (χ0v) is 14.1. The molecule has 2 aromatic rings.